The minimum Gasteiger partial charge on any atom is -0.488 e. The summed E-state index contributed by atoms with van der Waals surface area (Å²) < 4.78 is 6.10. The van der Waals surface area contributed by atoms with Crippen LogP contribution >= 0.6 is 0 Å². The number of carbonyl (C=O) groups excluding carboxylic acids is 1. The molecule has 0 aliphatic heterocycles. The smallest absolute Gasteiger partial charge is 0.150 e. The van der Waals surface area contributed by atoms with E-state index in [0.29, 0.717) is 18.7 Å². The number of fused-ring (bicyclic) bond motifs is 1. The highest BCUT2D eigenvalue weighted by molar-refractivity contribution is 5.91. The Kier molecular flexibility index (Phi) is 5.34. The summed E-state index contributed by atoms with van der Waals surface area (Å²) in [4.78, 5) is 10.8. The van der Waals surface area contributed by atoms with Crippen LogP contribution in [0.5, 0.6) is 5.75 Å². The van der Waals surface area contributed by atoms with E-state index >= 15 is 0 Å². The van der Waals surface area contributed by atoms with Crippen LogP contribution in [0.4, 0.5) is 5.69 Å². The first-order valence-corrected chi connectivity index (χ1v) is 9.30. The van der Waals surface area contributed by atoms with Crippen molar-refractivity contribution >= 4 is 22.7 Å². The van der Waals surface area contributed by atoms with Crippen LogP contribution < -0.4 is 10.1 Å². The van der Waals surface area contributed by atoms with Crippen molar-refractivity contribution in [1.82, 2.24) is 0 Å². The Morgan fingerprint density at radius 2 is 1.46 bits per heavy atom. The minimum absolute atomic E-state index is 0.547. The number of anilines is 1. The van der Waals surface area contributed by atoms with Crippen molar-refractivity contribution in [3.05, 3.63) is 108 Å². The van der Waals surface area contributed by atoms with Crippen molar-refractivity contribution in [1.29, 1.82) is 0 Å². The van der Waals surface area contributed by atoms with Gasteiger partial charge in [0, 0.05) is 23.2 Å². The summed E-state index contributed by atoms with van der Waals surface area (Å²) in [5.41, 5.74) is 4.01. The van der Waals surface area contributed by atoms with E-state index in [9.17, 15) is 4.79 Å². The molecule has 0 saturated heterocycles. The first kappa shape index (κ1) is 17.8. The van der Waals surface area contributed by atoms with Crippen LogP contribution in [0.1, 0.15) is 21.5 Å². The number of carbonyl (C=O) groups is 1. The Morgan fingerprint density at radius 1 is 0.750 bits per heavy atom. The van der Waals surface area contributed by atoms with Gasteiger partial charge in [-0.15, -0.1) is 0 Å². The maximum absolute atomic E-state index is 10.8. The predicted octanol–water partition coefficient (Wildman–Crippen LogP) is 5.84. The van der Waals surface area contributed by atoms with Gasteiger partial charge in [-0.3, -0.25) is 4.79 Å². The monoisotopic (exact) mass is 367 g/mol. The van der Waals surface area contributed by atoms with E-state index in [1.165, 1.54) is 10.9 Å². The third kappa shape index (κ3) is 4.04. The van der Waals surface area contributed by atoms with Crippen LogP contribution in [-0.2, 0) is 13.2 Å². The van der Waals surface area contributed by atoms with E-state index in [0.717, 1.165) is 28.7 Å². The second-order valence-electron chi connectivity index (χ2n) is 6.64. The van der Waals surface area contributed by atoms with E-state index in [4.69, 9.17) is 4.74 Å². The SMILES string of the molecule is O=Cc1ccc(NCc2ccc(OCc3ccccc3)c3ccccc23)cc1. The lowest BCUT2D eigenvalue weighted by Gasteiger charge is -2.14. The van der Waals surface area contributed by atoms with Crippen LogP contribution in [0.2, 0.25) is 0 Å². The van der Waals surface area contributed by atoms with Crippen LogP contribution in [0, 0.1) is 0 Å². The fourth-order valence-electron chi connectivity index (χ4n) is 3.23. The van der Waals surface area contributed by atoms with Crippen molar-refractivity contribution in [2.45, 2.75) is 13.2 Å². The molecule has 3 nitrogen and oxygen atoms in total. The molecule has 0 aromatic heterocycles. The molecule has 4 aromatic rings. The first-order chi connectivity index (χ1) is 13.8. The molecule has 138 valence electrons. The average molecular weight is 367 g/mol. The Labute approximate surface area is 164 Å². The highest BCUT2D eigenvalue weighted by atomic mass is 16.5. The average Bonchev–Trinajstić information content (AvgIpc) is 2.77. The number of benzene rings is 4. The molecule has 0 aliphatic carbocycles. The molecule has 0 aliphatic rings. The Morgan fingerprint density at radius 3 is 2.21 bits per heavy atom. The lowest BCUT2D eigenvalue weighted by molar-refractivity contribution is 0.112. The third-order valence-electron chi connectivity index (χ3n) is 4.74. The summed E-state index contributed by atoms with van der Waals surface area (Å²) in [7, 11) is 0. The molecule has 0 amide bonds. The fourth-order valence-corrected chi connectivity index (χ4v) is 3.23. The zero-order valence-corrected chi connectivity index (χ0v) is 15.5. The lowest BCUT2D eigenvalue weighted by Crippen LogP contribution is -2.01. The number of hydrogen-bond donors (Lipinski definition) is 1. The van der Waals surface area contributed by atoms with Gasteiger partial charge in [0.1, 0.15) is 18.6 Å². The van der Waals surface area contributed by atoms with Crippen molar-refractivity contribution in [3.63, 3.8) is 0 Å². The van der Waals surface area contributed by atoms with Crippen molar-refractivity contribution in [2.24, 2.45) is 0 Å². The van der Waals surface area contributed by atoms with E-state index < -0.39 is 0 Å². The molecule has 4 aromatic carbocycles. The number of aldehydes is 1. The summed E-state index contributed by atoms with van der Waals surface area (Å²) in [6, 6.07) is 30.1. The molecule has 0 spiro atoms. The fraction of sp³-hybridized carbons (Fsp3) is 0.0800. The molecule has 28 heavy (non-hydrogen) atoms. The van der Waals surface area contributed by atoms with Gasteiger partial charge in [0.05, 0.1) is 0 Å². The van der Waals surface area contributed by atoms with Crippen LogP contribution in [-0.4, -0.2) is 6.29 Å². The van der Waals surface area contributed by atoms with Crippen molar-refractivity contribution in [2.75, 3.05) is 5.32 Å². The second kappa shape index (κ2) is 8.40. The Bertz CT molecular complexity index is 1070. The van der Waals surface area contributed by atoms with E-state index in [1.54, 1.807) is 0 Å². The van der Waals surface area contributed by atoms with Gasteiger partial charge in [-0.25, -0.2) is 0 Å². The maximum Gasteiger partial charge on any atom is 0.150 e. The summed E-state index contributed by atoms with van der Waals surface area (Å²) in [5, 5.41) is 5.70. The summed E-state index contributed by atoms with van der Waals surface area (Å²) in [5.74, 6) is 0.888. The molecule has 0 bridgehead atoms. The normalized spacial score (nSPS) is 10.6. The van der Waals surface area contributed by atoms with Gasteiger partial charge in [-0.05, 0) is 46.8 Å². The molecular formula is C25H21NO2. The van der Waals surface area contributed by atoms with Crippen molar-refractivity contribution < 1.29 is 9.53 Å². The zero-order valence-electron chi connectivity index (χ0n) is 15.5. The summed E-state index contributed by atoms with van der Waals surface area (Å²) >= 11 is 0. The molecule has 0 radical (unpaired) electrons. The molecule has 0 heterocycles. The van der Waals surface area contributed by atoms with Gasteiger partial charge in [-0.1, -0.05) is 60.7 Å². The second-order valence-corrected chi connectivity index (χ2v) is 6.64. The molecular weight excluding hydrogens is 346 g/mol. The standard InChI is InChI=1S/C25H21NO2/c27-17-19-10-13-22(14-11-19)26-16-21-12-15-25(24-9-5-4-8-23(21)24)28-18-20-6-2-1-3-7-20/h1-15,17,26H,16,18H2. The van der Waals surface area contributed by atoms with Gasteiger partial charge < -0.3 is 10.1 Å². The van der Waals surface area contributed by atoms with Crippen LogP contribution in [0.3, 0.4) is 0 Å². The molecule has 0 unspecified atom stereocenters. The number of hydrogen-bond acceptors (Lipinski definition) is 3. The van der Waals surface area contributed by atoms with Crippen molar-refractivity contribution in [3.8, 4) is 5.75 Å². The van der Waals surface area contributed by atoms with Crippen LogP contribution in [0.15, 0.2) is 91.0 Å². The van der Waals surface area contributed by atoms with Gasteiger partial charge >= 0.3 is 0 Å². The Hall–Kier alpha value is -3.59. The molecule has 4 rings (SSSR count). The van der Waals surface area contributed by atoms with Gasteiger partial charge in [0.2, 0.25) is 0 Å². The third-order valence-corrected chi connectivity index (χ3v) is 4.74. The molecule has 0 saturated carbocycles. The largest absolute Gasteiger partial charge is 0.488 e. The van der Waals surface area contributed by atoms with Gasteiger partial charge in [0.25, 0.3) is 0 Å². The minimum atomic E-state index is 0.547. The first-order valence-electron chi connectivity index (χ1n) is 9.30. The molecule has 0 fully saturated rings. The summed E-state index contributed by atoms with van der Waals surface area (Å²) in [6.07, 6.45) is 0.853. The predicted molar refractivity (Wildman–Crippen MR) is 114 cm³/mol. The molecule has 0 atom stereocenters. The maximum atomic E-state index is 10.8. The zero-order chi connectivity index (χ0) is 19.2. The highest BCUT2D eigenvalue weighted by Crippen LogP contribution is 2.29. The van der Waals surface area contributed by atoms with E-state index in [2.05, 4.69) is 35.6 Å². The number of ether oxygens (including phenoxy) is 1. The highest BCUT2D eigenvalue weighted by Gasteiger charge is 2.07. The van der Waals surface area contributed by atoms with Crippen LogP contribution in [0.25, 0.3) is 10.8 Å². The van der Waals surface area contributed by atoms with E-state index in [-0.39, 0.29) is 0 Å². The quantitative estimate of drug-likeness (QED) is 0.417. The number of nitrogens with one attached hydrogen (secondary N) is 1. The lowest BCUT2D eigenvalue weighted by atomic mass is 10.0. The van der Waals surface area contributed by atoms with Gasteiger partial charge in [-0.2, -0.15) is 0 Å². The Balaban J connectivity index is 1.53. The summed E-state index contributed by atoms with van der Waals surface area (Å²) in [6.45, 7) is 1.24. The molecule has 1 N–H and O–H groups in total. The topological polar surface area (TPSA) is 38.3 Å². The molecule has 3 heteroatoms. The van der Waals surface area contributed by atoms with E-state index in [1.807, 2.05) is 60.7 Å². The number of rotatable bonds is 7. The van der Waals surface area contributed by atoms with Gasteiger partial charge in [0.15, 0.2) is 0 Å².